The number of nitrogens with zero attached hydrogens (tertiary/aromatic N) is 1. The molecule has 3 heteroatoms. The Balaban J connectivity index is 3.31. The third-order valence-corrected chi connectivity index (χ3v) is 1.68. The van der Waals surface area contributed by atoms with Gasteiger partial charge in [0.05, 0.1) is 0 Å². The van der Waals surface area contributed by atoms with E-state index in [-0.39, 0.29) is 17.1 Å². The van der Waals surface area contributed by atoms with Crippen LogP contribution in [0.5, 0.6) is 0 Å². The molecule has 1 rings (SSSR count). The zero-order valence-corrected chi connectivity index (χ0v) is 7.56. The first kappa shape index (κ1) is 8.97. The van der Waals surface area contributed by atoms with Gasteiger partial charge in [0, 0.05) is 11.8 Å². The smallest absolute Gasteiger partial charge is 0.132 e. The van der Waals surface area contributed by atoms with Gasteiger partial charge >= 0.3 is 0 Å². The molecule has 0 radical (unpaired) electrons. The summed E-state index contributed by atoms with van der Waals surface area (Å²) in [6.45, 7) is 5.72. The van der Waals surface area contributed by atoms with Crippen LogP contribution in [0.1, 0.15) is 26.3 Å². The van der Waals surface area contributed by atoms with Gasteiger partial charge < -0.3 is 5.73 Å². The first-order chi connectivity index (χ1) is 5.43. The van der Waals surface area contributed by atoms with Gasteiger partial charge in [-0.05, 0) is 11.5 Å². The van der Waals surface area contributed by atoms with Crippen molar-refractivity contribution < 1.29 is 4.39 Å². The van der Waals surface area contributed by atoms with Crippen LogP contribution < -0.4 is 5.73 Å². The van der Waals surface area contributed by atoms with Gasteiger partial charge in [0.25, 0.3) is 0 Å². The summed E-state index contributed by atoms with van der Waals surface area (Å²) in [5.74, 6) is -0.00231. The Morgan fingerprint density at radius 2 is 2.00 bits per heavy atom. The standard InChI is InChI=1S/C9H13FN2/c1-9(2,3)7-6(10)4-5-12-8(7)11/h4-5H,1-3H3,(H2,11,12). The van der Waals surface area contributed by atoms with E-state index in [1.807, 2.05) is 20.8 Å². The fourth-order valence-corrected chi connectivity index (χ4v) is 1.20. The number of aromatic nitrogens is 1. The Morgan fingerprint density at radius 1 is 1.42 bits per heavy atom. The lowest BCUT2D eigenvalue weighted by molar-refractivity contribution is 0.522. The SMILES string of the molecule is CC(C)(C)c1c(F)ccnc1N. The quantitative estimate of drug-likeness (QED) is 0.644. The third kappa shape index (κ3) is 1.55. The average Bonchev–Trinajstić information content (AvgIpc) is 1.82. The van der Waals surface area contributed by atoms with E-state index < -0.39 is 0 Å². The molecule has 0 saturated heterocycles. The number of hydrogen-bond acceptors (Lipinski definition) is 2. The predicted octanol–water partition coefficient (Wildman–Crippen LogP) is 2.10. The van der Waals surface area contributed by atoms with E-state index in [1.165, 1.54) is 12.3 Å². The lowest BCUT2D eigenvalue weighted by atomic mass is 9.87. The predicted molar refractivity (Wildman–Crippen MR) is 47.3 cm³/mol. The molecule has 0 aliphatic carbocycles. The number of halogens is 1. The van der Waals surface area contributed by atoms with E-state index in [2.05, 4.69) is 4.98 Å². The molecule has 12 heavy (non-hydrogen) atoms. The molecule has 1 heterocycles. The molecule has 0 spiro atoms. The van der Waals surface area contributed by atoms with Crippen LogP contribution in [0.3, 0.4) is 0 Å². The Hall–Kier alpha value is -1.12. The van der Waals surface area contributed by atoms with Gasteiger partial charge in [0.2, 0.25) is 0 Å². The van der Waals surface area contributed by atoms with Gasteiger partial charge in [-0.1, -0.05) is 20.8 Å². The van der Waals surface area contributed by atoms with Crippen LogP contribution in [0.4, 0.5) is 10.2 Å². The van der Waals surface area contributed by atoms with Gasteiger partial charge in [-0.3, -0.25) is 0 Å². The maximum absolute atomic E-state index is 13.2. The fourth-order valence-electron chi connectivity index (χ4n) is 1.20. The van der Waals surface area contributed by atoms with Crippen LogP contribution in [0.2, 0.25) is 0 Å². The van der Waals surface area contributed by atoms with Gasteiger partial charge in [-0.2, -0.15) is 0 Å². The second-order valence-corrected chi connectivity index (χ2v) is 3.80. The molecule has 0 amide bonds. The molecule has 0 aliphatic rings. The van der Waals surface area contributed by atoms with Crippen molar-refractivity contribution in [2.24, 2.45) is 0 Å². The van der Waals surface area contributed by atoms with Crippen molar-refractivity contribution in [3.63, 3.8) is 0 Å². The molecule has 66 valence electrons. The zero-order chi connectivity index (χ0) is 9.35. The van der Waals surface area contributed by atoms with Crippen molar-refractivity contribution in [3.05, 3.63) is 23.6 Å². The maximum atomic E-state index is 13.2. The Morgan fingerprint density at radius 3 is 2.33 bits per heavy atom. The normalized spacial score (nSPS) is 11.7. The molecule has 0 atom stereocenters. The molecule has 0 saturated carbocycles. The molecule has 0 aliphatic heterocycles. The van der Waals surface area contributed by atoms with E-state index in [9.17, 15) is 4.39 Å². The summed E-state index contributed by atoms with van der Waals surface area (Å²) in [6.07, 6.45) is 1.37. The van der Waals surface area contributed by atoms with Crippen molar-refractivity contribution in [3.8, 4) is 0 Å². The lowest BCUT2D eigenvalue weighted by Crippen LogP contribution is -2.17. The molecular weight excluding hydrogens is 155 g/mol. The van der Waals surface area contributed by atoms with Crippen molar-refractivity contribution in [2.45, 2.75) is 26.2 Å². The molecule has 0 fully saturated rings. The minimum absolute atomic E-state index is 0.280. The number of pyridine rings is 1. The van der Waals surface area contributed by atoms with E-state index in [1.54, 1.807) is 0 Å². The number of nitrogen functional groups attached to an aromatic ring is 1. The van der Waals surface area contributed by atoms with Crippen LogP contribution in [-0.4, -0.2) is 4.98 Å². The number of nitrogens with two attached hydrogens (primary N) is 1. The Kier molecular flexibility index (Phi) is 2.04. The minimum Gasteiger partial charge on any atom is -0.383 e. The minimum atomic E-state index is -0.289. The van der Waals surface area contributed by atoms with Gasteiger partial charge in [0.15, 0.2) is 0 Å². The molecule has 1 aromatic rings. The Bertz CT molecular complexity index is 269. The summed E-state index contributed by atoms with van der Waals surface area (Å²) in [5.41, 5.74) is 5.76. The average molecular weight is 168 g/mol. The molecule has 0 unspecified atom stereocenters. The molecule has 1 aromatic heterocycles. The van der Waals surface area contributed by atoms with Crippen LogP contribution in [0.15, 0.2) is 12.3 Å². The van der Waals surface area contributed by atoms with Crippen molar-refractivity contribution in [2.75, 3.05) is 5.73 Å². The summed E-state index contributed by atoms with van der Waals surface area (Å²) in [7, 11) is 0. The van der Waals surface area contributed by atoms with Crippen LogP contribution >= 0.6 is 0 Å². The summed E-state index contributed by atoms with van der Waals surface area (Å²) in [6, 6.07) is 1.33. The second kappa shape index (κ2) is 2.73. The second-order valence-electron chi connectivity index (χ2n) is 3.80. The highest BCUT2D eigenvalue weighted by atomic mass is 19.1. The largest absolute Gasteiger partial charge is 0.383 e. The lowest BCUT2D eigenvalue weighted by Gasteiger charge is -2.20. The van der Waals surface area contributed by atoms with E-state index >= 15 is 0 Å². The van der Waals surface area contributed by atoms with Crippen molar-refractivity contribution in [1.82, 2.24) is 4.98 Å². The number of hydrogen-bond donors (Lipinski definition) is 1. The summed E-state index contributed by atoms with van der Waals surface area (Å²) < 4.78 is 13.2. The molecule has 2 nitrogen and oxygen atoms in total. The van der Waals surface area contributed by atoms with E-state index in [4.69, 9.17) is 5.73 Å². The highest BCUT2D eigenvalue weighted by molar-refractivity contribution is 5.44. The summed E-state index contributed by atoms with van der Waals surface area (Å²) in [4.78, 5) is 3.84. The fraction of sp³-hybridized carbons (Fsp3) is 0.444. The third-order valence-electron chi connectivity index (χ3n) is 1.68. The highest BCUT2D eigenvalue weighted by Crippen LogP contribution is 2.28. The number of rotatable bonds is 0. The highest BCUT2D eigenvalue weighted by Gasteiger charge is 2.21. The molecule has 0 bridgehead atoms. The summed E-state index contributed by atoms with van der Waals surface area (Å²) in [5, 5.41) is 0. The van der Waals surface area contributed by atoms with Gasteiger partial charge in [0.1, 0.15) is 11.6 Å². The molecule has 0 aromatic carbocycles. The van der Waals surface area contributed by atoms with E-state index in [0.29, 0.717) is 5.56 Å². The molecular formula is C9H13FN2. The van der Waals surface area contributed by atoms with E-state index in [0.717, 1.165) is 0 Å². The van der Waals surface area contributed by atoms with Crippen LogP contribution in [-0.2, 0) is 5.41 Å². The van der Waals surface area contributed by atoms with Gasteiger partial charge in [-0.25, -0.2) is 9.37 Å². The summed E-state index contributed by atoms with van der Waals surface area (Å²) >= 11 is 0. The zero-order valence-electron chi connectivity index (χ0n) is 7.56. The van der Waals surface area contributed by atoms with Gasteiger partial charge in [-0.15, -0.1) is 0 Å². The van der Waals surface area contributed by atoms with Crippen molar-refractivity contribution >= 4 is 5.82 Å². The van der Waals surface area contributed by atoms with Crippen LogP contribution in [0.25, 0.3) is 0 Å². The number of anilines is 1. The monoisotopic (exact) mass is 168 g/mol. The maximum Gasteiger partial charge on any atom is 0.132 e. The Labute approximate surface area is 71.6 Å². The van der Waals surface area contributed by atoms with Crippen molar-refractivity contribution in [1.29, 1.82) is 0 Å². The molecule has 2 N–H and O–H groups in total. The first-order valence-corrected chi connectivity index (χ1v) is 3.83. The van der Waals surface area contributed by atoms with Crippen LogP contribution in [0, 0.1) is 5.82 Å². The topological polar surface area (TPSA) is 38.9 Å². The first-order valence-electron chi connectivity index (χ1n) is 3.83.